The molecule has 0 spiro atoms. The maximum Gasteiger partial charge on any atom is 0.0531 e. The Labute approximate surface area is 164 Å². The Hall–Kier alpha value is -2.06. The van der Waals surface area contributed by atoms with Crippen LogP contribution in [0.2, 0.25) is 0 Å². The van der Waals surface area contributed by atoms with Gasteiger partial charge in [0.15, 0.2) is 0 Å². The van der Waals surface area contributed by atoms with Crippen LogP contribution in [0, 0.1) is 0 Å². The van der Waals surface area contributed by atoms with Crippen LogP contribution in [0.1, 0.15) is 57.6 Å². The van der Waals surface area contributed by atoms with Gasteiger partial charge in [0.1, 0.15) is 0 Å². The molecule has 0 radical (unpaired) electrons. The number of aromatic nitrogens is 1. The summed E-state index contributed by atoms with van der Waals surface area (Å²) < 4.78 is 2.26. The van der Waals surface area contributed by atoms with Gasteiger partial charge in [-0.15, -0.1) is 0 Å². The quantitative estimate of drug-likeness (QED) is 0.428. The highest BCUT2D eigenvalue weighted by molar-refractivity contribution is 5.84. The SMILES string of the molecule is CCCN(CC)CCCc1ccc(-c2c(C(C)C)cn3ccccc23)cc1. The normalized spacial score (nSPS) is 11.8. The van der Waals surface area contributed by atoms with Gasteiger partial charge in [0.2, 0.25) is 0 Å². The summed E-state index contributed by atoms with van der Waals surface area (Å²) in [4.78, 5) is 2.55. The van der Waals surface area contributed by atoms with Crippen LogP contribution >= 0.6 is 0 Å². The summed E-state index contributed by atoms with van der Waals surface area (Å²) in [7, 11) is 0. The van der Waals surface area contributed by atoms with Crippen LogP contribution in [-0.2, 0) is 6.42 Å². The molecule has 27 heavy (non-hydrogen) atoms. The monoisotopic (exact) mass is 362 g/mol. The van der Waals surface area contributed by atoms with Crippen molar-refractivity contribution in [1.29, 1.82) is 0 Å². The molecule has 0 aliphatic heterocycles. The molecule has 0 aliphatic rings. The molecule has 2 nitrogen and oxygen atoms in total. The van der Waals surface area contributed by atoms with E-state index in [1.807, 2.05) is 0 Å². The number of rotatable bonds is 9. The lowest BCUT2D eigenvalue weighted by atomic mass is 9.94. The topological polar surface area (TPSA) is 7.65 Å². The van der Waals surface area contributed by atoms with E-state index in [9.17, 15) is 0 Å². The van der Waals surface area contributed by atoms with Gasteiger partial charge in [0.05, 0.1) is 5.52 Å². The molecule has 2 heteroatoms. The molecular weight excluding hydrogens is 328 g/mol. The van der Waals surface area contributed by atoms with Crippen LogP contribution in [0.5, 0.6) is 0 Å². The Bertz CT molecular complexity index is 842. The third kappa shape index (κ3) is 4.62. The number of benzene rings is 1. The summed E-state index contributed by atoms with van der Waals surface area (Å²) in [6.45, 7) is 12.7. The van der Waals surface area contributed by atoms with Gasteiger partial charge in [0, 0.05) is 18.0 Å². The molecule has 3 aromatic rings. The number of hydrogen-bond donors (Lipinski definition) is 0. The second-order valence-corrected chi connectivity index (χ2v) is 7.84. The predicted octanol–water partition coefficient (Wildman–Crippen LogP) is 6.39. The zero-order valence-corrected chi connectivity index (χ0v) is 17.4. The number of pyridine rings is 1. The first-order chi connectivity index (χ1) is 13.1. The van der Waals surface area contributed by atoms with Crippen molar-refractivity contribution in [3.8, 4) is 11.1 Å². The lowest BCUT2D eigenvalue weighted by molar-refractivity contribution is 0.285. The fraction of sp³-hybridized carbons (Fsp3) is 0.440. The fourth-order valence-corrected chi connectivity index (χ4v) is 3.98. The Kier molecular flexibility index (Phi) is 6.73. The van der Waals surface area contributed by atoms with Crippen molar-refractivity contribution in [2.24, 2.45) is 0 Å². The summed E-state index contributed by atoms with van der Waals surface area (Å²) >= 11 is 0. The van der Waals surface area contributed by atoms with Gasteiger partial charge >= 0.3 is 0 Å². The Morgan fingerprint density at radius 3 is 2.41 bits per heavy atom. The first-order valence-electron chi connectivity index (χ1n) is 10.5. The van der Waals surface area contributed by atoms with Gasteiger partial charge in [-0.3, -0.25) is 0 Å². The van der Waals surface area contributed by atoms with E-state index in [-0.39, 0.29) is 0 Å². The zero-order valence-electron chi connectivity index (χ0n) is 17.4. The number of fused-ring (bicyclic) bond motifs is 1. The summed E-state index contributed by atoms with van der Waals surface area (Å²) in [6.07, 6.45) is 8.07. The molecule has 0 bridgehead atoms. The summed E-state index contributed by atoms with van der Waals surface area (Å²) in [5.41, 5.74) is 6.88. The summed E-state index contributed by atoms with van der Waals surface area (Å²) in [6, 6.07) is 15.7. The minimum absolute atomic E-state index is 0.512. The van der Waals surface area contributed by atoms with Gasteiger partial charge in [-0.1, -0.05) is 58.0 Å². The van der Waals surface area contributed by atoms with Crippen LogP contribution in [0.4, 0.5) is 0 Å². The van der Waals surface area contributed by atoms with Gasteiger partial charge < -0.3 is 9.30 Å². The molecule has 144 valence electrons. The highest BCUT2D eigenvalue weighted by Gasteiger charge is 2.14. The van der Waals surface area contributed by atoms with Crippen molar-refractivity contribution in [3.63, 3.8) is 0 Å². The van der Waals surface area contributed by atoms with Crippen LogP contribution in [-0.4, -0.2) is 28.9 Å². The van der Waals surface area contributed by atoms with E-state index in [1.165, 1.54) is 53.7 Å². The number of nitrogens with zero attached hydrogens (tertiary/aromatic N) is 2. The van der Waals surface area contributed by atoms with Crippen LogP contribution in [0.25, 0.3) is 16.6 Å². The van der Waals surface area contributed by atoms with E-state index in [0.29, 0.717) is 5.92 Å². The first kappa shape index (κ1) is 19.7. The number of aryl methyl sites for hydroxylation is 1. The van der Waals surface area contributed by atoms with Crippen molar-refractivity contribution >= 4 is 5.52 Å². The second kappa shape index (κ2) is 9.23. The fourth-order valence-electron chi connectivity index (χ4n) is 3.98. The van der Waals surface area contributed by atoms with Crippen LogP contribution in [0.15, 0.2) is 54.9 Å². The molecule has 0 amide bonds. The molecule has 1 aromatic carbocycles. The second-order valence-electron chi connectivity index (χ2n) is 7.84. The molecule has 0 saturated heterocycles. The van der Waals surface area contributed by atoms with Crippen molar-refractivity contribution in [1.82, 2.24) is 9.30 Å². The summed E-state index contributed by atoms with van der Waals surface area (Å²) in [5, 5.41) is 0. The molecule has 3 rings (SSSR count). The van der Waals surface area contributed by atoms with Gasteiger partial charge in [0.25, 0.3) is 0 Å². The van der Waals surface area contributed by atoms with Gasteiger partial charge in [-0.2, -0.15) is 0 Å². The lowest BCUT2D eigenvalue weighted by Gasteiger charge is -2.19. The van der Waals surface area contributed by atoms with Crippen molar-refractivity contribution in [2.45, 2.75) is 52.9 Å². The van der Waals surface area contributed by atoms with E-state index < -0.39 is 0 Å². The van der Waals surface area contributed by atoms with Crippen LogP contribution < -0.4 is 0 Å². The van der Waals surface area contributed by atoms with Crippen molar-refractivity contribution in [2.75, 3.05) is 19.6 Å². The Balaban J connectivity index is 1.76. The molecule has 0 fully saturated rings. The molecule has 0 unspecified atom stereocenters. The van der Waals surface area contributed by atoms with E-state index in [1.54, 1.807) is 0 Å². The molecule has 0 atom stereocenters. The lowest BCUT2D eigenvalue weighted by Crippen LogP contribution is -2.25. The standard InChI is InChI=1S/C25H34N2/c1-5-16-26(6-2)17-9-10-21-12-14-22(15-13-21)25-23(20(3)4)19-27-18-8-7-11-24(25)27/h7-8,11-15,18-20H,5-6,9-10,16-17H2,1-4H3. The Morgan fingerprint density at radius 2 is 1.74 bits per heavy atom. The molecule has 2 aromatic heterocycles. The average Bonchev–Trinajstić information content (AvgIpc) is 3.08. The maximum atomic E-state index is 2.55. The highest BCUT2D eigenvalue weighted by Crippen LogP contribution is 2.34. The predicted molar refractivity (Wildman–Crippen MR) is 118 cm³/mol. The molecular formula is C25H34N2. The van der Waals surface area contributed by atoms with Crippen molar-refractivity contribution < 1.29 is 0 Å². The molecule has 0 N–H and O–H groups in total. The minimum atomic E-state index is 0.512. The van der Waals surface area contributed by atoms with Crippen LogP contribution in [0.3, 0.4) is 0 Å². The maximum absolute atomic E-state index is 2.55. The van der Waals surface area contributed by atoms with Crippen molar-refractivity contribution in [3.05, 3.63) is 66.0 Å². The van der Waals surface area contributed by atoms with E-state index in [0.717, 1.165) is 13.0 Å². The van der Waals surface area contributed by atoms with E-state index in [4.69, 9.17) is 0 Å². The highest BCUT2D eigenvalue weighted by atomic mass is 15.1. The first-order valence-corrected chi connectivity index (χ1v) is 10.5. The van der Waals surface area contributed by atoms with Gasteiger partial charge in [-0.25, -0.2) is 0 Å². The third-order valence-electron chi connectivity index (χ3n) is 5.50. The van der Waals surface area contributed by atoms with E-state index in [2.05, 4.69) is 91.9 Å². The zero-order chi connectivity index (χ0) is 19.2. The minimum Gasteiger partial charge on any atom is -0.323 e. The average molecular weight is 363 g/mol. The Morgan fingerprint density at radius 1 is 0.963 bits per heavy atom. The third-order valence-corrected chi connectivity index (χ3v) is 5.50. The van der Waals surface area contributed by atoms with E-state index >= 15 is 0 Å². The molecule has 0 saturated carbocycles. The molecule has 2 heterocycles. The van der Waals surface area contributed by atoms with Gasteiger partial charge in [-0.05, 0) is 73.6 Å². The smallest absolute Gasteiger partial charge is 0.0531 e. The number of hydrogen-bond acceptors (Lipinski definition) is 1. The largest absolute Gasteiger partial charge is 0.323 e. The summed E-state index contributed by atoms with van der Waals surface area (Å²) in [5.74, 6) is 0.512. The molecule has 0 aliphatic carbocycles.